The number of hydrogen-bond donors (Lipinski definition) is 1. The summed E-state index contributed by atoms with van der Waals surface area (Å²) in [5, 5.41) is 4.27. The second kappa shape index (κ2) is 14.6. The van der Waals surface area contributed by atoms with E-state index < -0.39 is 0 Å². The van der Waals surface area contributed by atoms with Crippen LogP contribution in [-0.4, -0.2) is 29.1 Å². The average molecular weight is 610 g/mol. The molecule has 0 aliphatic heterocycles. The van der Waals surface area contributed by atoms with Crippen molar-refractivity contribution in [2.24, 2.45) is 0 Å². The van der Waals surface area contributed by atoms with Gasteiger partial charge in [0.15, 0.2) is 11.5 Å². The molecule has 232 valence electrons. The predicted octanol–water partition coefficient (Wildman–Crippen LogP) is 7.86. The number of para-hydroxylation sites is 1. The van der Waals surface area contributed by atoms with Gasteiger partial charge < -0.3 is 19.4 Å². The fourth-order valence-electron chi connectivity index (χ4n) is 5.87. The third-order valence-electron chi connectivity index (χ3n) is 8.31. The van der Waals surface area contributed by atoms with Gasteiger partial charge in [-0.1, -0.05) is 90.5 Å². The maximum absolute atomic E-state index is 13.5. The molecule has 6 aromatic rings. The monoisotopic (exact) mass is 609 g/mol. The Balaban J connectivity index is 1.32. The standard InChI is InChI=1S/C40H39N3O3/c1-29-15-17-30(18-16-29)26-43-27-36(34-13-6-7-14-37(34)43)35(25-40(44)42-23-21-33-12-8-9-22-41-33)32-19-20-38(39(24-32)45-2)46-28-31-10-4-3-5-11-31/h3-20,22,24,27,35H,21,23,25-26,28H2,1-2H3,(H,42,44)/t35-/m1/s1. The van der Waals surface area contributed by atoms with Gasteiger partial charge in [0.05, 0.1) is 7.11 Å². The van der Waals surface area contributed by atoms with Gasteiger partial charge in [-0.25, -0.2) is 0 Å². The summed E-state index contributed by atoms with van der Waals surface area (Å²) >= 11 is 0. The second-order valence-corrected chi connectivity index (χ2v) is 11.6. The van der Waals surface area contributed by atoms with E-state index in [-0.39, 0.29) is 18.2 Å². The van der Waals surface area contributed by atoms with Gasteiger partial charge in [0, 0.05) is 60.8 Å². The van der Waals surface area contributed by atoms with Crippen molar-refractivity contribution in [2.75, 3.05) is 13.7 Å². The molecule has 0 saturated carbocycles. The Morgan fingerprint density at radius 3 is 2.41 bits per heavy atom. The van der Waals surface area contributed by atoms with Crippen molar-refractivity contribution in [3.63, 3.8) is 0 Å². The van der Waals surface area contributed by atoms with Gasteiger partial charge in [-0.15, -0.1) is 0 Å². The van der Waals surface area contributed by atoms with Gasteiger partial charge >= 0.3 is 0 Å². The number of nitrogens with zero attached hydrogens (tertiary/aromatic N) is 2. The number of rotatable bonds is 13. The van der Waals surface area contributed by atoms with Crippen LogP contribution < -0.4 is 14.8 Å². The van der Waals surface area contributed by atoms with E-state index in [9.17, 15) is 4.79 Å². The zero-order valence-electron chi connectivity index (χ0n) is 26.4. The molecule has 4 aromatic carbocycles. The molecule has 2 heterocycles. The fraction of sp³-hybridized carbons (Fsp3) is 0.200. The Hall–Kier alpha value is -5.36. The average Bonchev–Trinajstić information content (AvgIpc) is 3.46. The molecule has 6 rings (SSSR count). The summed E-state index contributed by atoms with van der Waals surface area (Å²) in [6.07, 6.45) is 4.95. The highest BCUT2D eigenvalue weighted by atomic mass is 16.5. The number of benzene rings is 4. The lowest BCUT2D eigenvalue weighted by atomic mass is 9.87. The van der Waals surface area contributed by atoms with Gasteiger partial charge in [0.2, 0.25) is 5.91 Å². The Labute approximate surface area is 270 Å². The van der Waals surface area contributed by atoms with Crippen molar-refractivity contribution in [2.45, 2.75) is 38.8 Å². The Morgan fingerprint density at radius 1 is 0.848 bits per heavy atom. The van der Waals surface area contributed by atoms with Crippen LogP contribution in [0.25, 0.3) is 10.9 Å². The third kappa shape index (κ3) is 7.46. The molecule has 0 unspecified atom stereocenters. The van der Waals surface area contributed by atoms with Crippen LogP contribution in [0, 0.1) is 6.92 Å². The number of hydrogen-bond acceptors (Lipinski definition) is 4. The molecule has 0 aliphatic carbocycles. The van der Waals surface area contributed by atoms with Crippen LogP contribution in [0.1, 0.15) is 45.8 Å². The fourth-order valence-corrected chi connectivity index (χ4v) is 5.87. The summed E-state index contributed by atoms with van der Waals surface area (Å²) < 4.78 is 14.3. The highest BCUT2D eigenvalue weighted by molar-refractivity contribution is 5.87. The predicted molar refractivity (Wildman–Crippen MR) is 183 cm³/mol. The molecule has 0 bridgehead atoms. The SMILES string of the molecule is COc1cc([C@@H](CC(=O)NCCc2ccccn2)c2cn(Cc3ccc(C)cc3)c3ccccc23)ccc1OCc1ccccc1. The van der Waals surface area contributed by atoms with Crippen LogP contribution in [0.2, 0.25) is 0 Å². The van der Waals surface area contributed by atoms with Crippen molar-refractivity contribution < 1.29 is 14.3 Å². The lowest BCUT2D eigenvalue weighted by molar-refractivity contribution is -0.121. The lowest BCUT2D eigenvalue weighted by Gasteiger charge is -2.19. The molecule has 0 spiro atoms. The number of fused-ring (bicyclic) bond motifs is 1. The summed E-state index contributed by atoms with van der Waals surface area (Å²) in [5.74, 6) is 1.07. The third-order valence-corrected chi connectivity index (χ3v) is 8.31. The highest BCUT2D eigenvalue weighted by Crippen LogP contribution is 2.39. The summed E-state index contributed by atoms with van der Waals surface area (Å²) in [6, 6.07) is 39.0. The molecule has 6 nitrogen and oxygen atoms in total. The maximum Gasteiger partial charge on any atom is 0.220 e. The lowest BCUT2D eigenvalue weighted by Crippen LogP contribution is -2.27. The Kier molecular flexibility index (Phi) is 9.74. The van der Waals surface area contributed by atoms with Gasteiger partial charge in [0.1, 0.15) is 6.61 Å². The second-order valence-electron chi connectivity index (χ2n) is 11.6. The molecule has 1 amide bonds. The van der Waals surface area contributed by atoms with Crippen LogP contribution in [0.3, 0.4) is 0 Å². The number of nitrogens with one attached hydrogen (secondary N) is 1. The van der Waals surface area contributed by atoms with E-state index in [1.54, 1.807) is 13.3 Å². The number of aromatic nitrogens is 2. The van der Waals surface area contributed by atoms with E-state index in [2.05, 4.69) is 82.6 Å². The molecule has 6 heteroatoms. The van der Waals surface area contributed by atoms with Crippen LogP contribution in [-0.2, 0) is 24.4 Å². The number of carbonyl (C=O) groups excluding carboxylic acids is 1. The minimum atomic E-state index is -0.212. The molecular formula is C40H39N3O3. The van der Waals surface area contributed by atoms with E-state index in [1.165, 1.54) is 11.1 Å². The molecule has 46 heavy (non-hydrogen) atoms. The van der Waals surface area contributed by atoms with Crippen LogP contribution in [0.4, 0.5) is 0 Å². The molecule has 0 radical (unpaired) electrons. The van der Waals surface area contributed by atoms with Crippen molar-refractivity contribution in [1.29, 1.82) is 0 Å². The minimum Gasteiger partial charge on any atom is -0.493 e. The summed E-state index contributed by atoms with van der Waals surface area (Å²) in [7, 11) is 1.65. The first-order valence-corrected chi connectivity index (χ1v) is 15.7. The Morgan fingerprint density at radius 2 is 1.63 bits per heavy atom. The molecule has 2 aromatic heterocycles. The summed E-state index contributed by atoms with van der Waals surface area (Å²) in [6.45, 7) is 3.79. The first-order chi connectivity index (χ1) is 22.6. The number of amides is 1. The molecule has 1 N–H and O–H groups in total. The van der Waals surface area contributed by atoms with Crippen molar-refractivity contribution in [1.82, 2.24) is 14.9 Å². The van der Waals surface area contributed by atoms with E-state index in [0.717, 1.165) is 39.8 Å². The number of aryl methyl sites for hydroxylation is 1. The number of carbonyl (C=O) groups is 1. The van der Waals surface area contributed by atoms with Crippen LogP contribution in [0.15, 0.2) is 128 Å². The number of methoxy groups -OCH3 is 1. The van der Waals surface area contributed by atoms with Gasteiger partial charge in [-0.2, -0.15) is 0 Å². The smallest absolute Gasteiger partial charge is 0.220 e. The summed E-state index contributed by atoms with van der Waals surface area (Å²) in [4.78, 5) is 17.9. The van der Waals surface area contributed by atoms with Gasteiger partial charge in [0.25, 0.3) is 0 Å². The number of ether oxygens (including phenoxy) is 2. The molecule has 0 aliphatic rings. The van der Waals surface area contributed by atoms with Crippen molar-refractivity contribution in [3.05, 3.63) is 161 Å². The topological polar surface area (TPSA) is 65.4 Å². The number of pyridine rings is 1. The molecule has 0 saturated heterocycles. The zero-order chi connectivity index (χ0) is 31.7. The minimum absolute atomic E-state index is 0.0142. The summed E-state index contributed by atoms with van der Waals surface area (Å²) in [5.41, 5.74) is 7.71. The molecule has 1 atom stereocenters. The van der Waals surface area contributed by atoms with Crippen molar-refractivity contribution >= 4 is 16.8 Å². The van der Waals surface area contributed by atoms with E-state index in [1.807, 2.05) is 60.7 Å². The van der Waals surface area contributed by atoms with E-state index in [0.29, 0.717) is 31.1 Å². The largest absolute Gasteiger partial charge is 0.493 e. The maximum atomic E-state index is 13.5. The van der Waals surface area contributed by atoms with Crippen LogP contribution >= 0.6 is 0 Å². The van der Waals surface area contributed by atoms with E-state index >= 15 is 0 Å². The first-order valence-electron chi connectivity index (χ1n) is 15.7. The molecular weight excluding hydrogens is 570 g/mol. The highest BCUT2D eigenvalue weighted by Gasteiger charge is 2.24. The van der Waals surface area contributed by atoms with Gasteiger partial charge in [-0.3, -0.25) is 9.78 Å². The van der Waals surface area contributed by atoms with Gasteiger partial charge in [-0.05, 0) is 59.5 Å². The van der Waals surface area contributed by atoms with Crippen LogP contribution in [0.5, 0.6) is 11.5 Å². The quantitative estimate of drug-likeness (QED) is 0.145. The van der Waals surface area contributed by atoms with E-state index in [4.69, 9.17) is 9.47 Å². The normalized spacial score (nSPS) is 11.7. The first kappa shape index (κ1) is 30.7. The Bertz CT molecular complexity index is 1880. The molecule has 0 fully saturated rings. The zero-order valence-corrected chi connectivity index (χ0v) is 26.4. The van der Waals surface area contributed by atoms with Crippen molar-refractivity contribution in [3.8, 4) is 11.5 Å².